The molecule has 0 aliphatic heterocycles. The number of nitrogens with zero attached hydrogens (tertiary/aromatic N) is 1. The SMILES string of the molecule is C=CC(=O)Nc1c(-c2ccc(Br)cc2)cccc1-c1c(CC(=O)O)ccc2ocnc12. The summed E-state index contributed by atoms with van der Waals surface area (Å²) in [7, 11) is 0. The van der Waals surface area contributed by atoms with E-state index >= 15 is 0 Å². The molecule has 6 nitrogen and oxygen atoms in total. The number of carboxylic acid groups (broad SMARTS) is 1. The van der Waals surface area contributed by atoms with Crippen LogP contribution in [-0.4, -0.2) is 22.0 Å². The topological polar surface area (TPSA) is 92.4 Å². The molecule has 1 heterocycles. The number of aromatic nitrogens is 1. The van der Waals surface area contributed by atoms with Crippen molar-refractivity contribution in [3.05, 3.63) is 83.7 Å². The van der Waals surface area contributed by atoms with Gasteiger partial charge in [-0.3, -0.25) is 9.59 Å². The third-order valence-electron chi connectivity index (χ3n) is 4.85. The zero-order chi connectivity index (χ0) is 22.0. The van der Waals surface area contributed by atoms with Crippen LogP contribution in [0.15, 0.2) is 82.5 Å². The van der Waals surface area contributed by atoms with E-state index in [1.807, 2.05) is 42.5 Å². The second-order valence-corrected chi connectivity index (χ2v) is 7.71. The fraction of sp³-hybridized carbons (Fsp3) is 0.0417. The molecule has 0 fully saturated rings. The van der Waals surface area contributed by atoms with Crippen molar-refractivity contribution >= 4 is 44.6 Å². The number of aliphatic carboxylic acids is 1. The summed E-state index contributed by atoms with van der Waals surface area (Å²) in [6, 6.07) is 16.7. The van der Waals surface area contributed by atoms with E-state index in [1.54, 1.807) is 12.1 Å². The molecule has 2 N–H and O–H groups in total. The summed E-state index contributed by atoms with van der Waals surface area (Å²) in [5.41, 5.74) is 5.07. The average Bonchev–Trinajstić information content (AvgIpc) is 3.23. The Bertz CT molecular complexity index is 1310. The van der Waals surface area contributed by atoms with Gasteiger partial charge in [0.05, 0.1) is 12.1 Å². The molecule has 154 valence electrons. The maximum absolute atomic E-state index is 12.3. The highest BCUT2D eigenvalue weighted by molar-refractivity contribution is 9.10. The molecule has 1 aromatic heterocycles. The Kier molecular flexibility index (Phi) is 5.68. The number of benzene rings is 3. The van der Waals surface area contributed by atoms with Crippen molar-refractivity contribution in [1.82, 2.24) is 4.98 Å². The van der Waals surface area contributed by atoms with Crippen LogP contribution in [0, 0.1) is 0 Å². The summed E-state index contributed by atoms with van der Waals surface area (Å²) < 4.78 is 6.37. The van der Waals surface area contributed by atoms with Gasteiger partial charge in [-0.25, -0.2) is 4.98 Å². The molecule has 31 heavy (non-hydrogen) atoms. The third kappa shape index (κ3) is 4.13. The first kappa shape index (κ1) is 20.6. The molecule has 0 radical (unpaired) electrons. The lowest BCUT2D eigenvalue weighted by molar-refractivity contribution is -0.136. The molecule has 0 saturated carbocycles. The fourth-order valence-corrected chi connectivity index (χ4v) is 3.79. The molecule has 0 bridgehead atoms. The lowest BCUT2D eigenvalue weighted by Crippen LogP contribution is -2.10. The van der Waals surface area contributed by atoms with Crippen LogP contribution < -0.4 is 5.32 Å². The first-order chi connectivity index (χ1) is 15.0. The van der Waals surface area contributed by atoms with Gasteiger partial charge in [-0.2, -0.15) is 0 Å². The van der Waals surface area contributed by atoms with E-state index in [0.717, 1.165) is 15.6 Å². The van der Waals surface area contributed by atoms with Crippen LogP contribution in [0.25, 0.3) is 33.4 Å². The summed E-state index contributed by atoms with van der Waals surface area (Å²) in [6.07, 6.45) is 2.31. The van der Waals surface area contributed by atoms with E-state index in [1.165, 1.54) is 12.5 Å². The first-order valence-corrected chi connectivity index (χ1v) is 10.2. The molecule has 0 aliphatic rings. The monoisotopic (exact) mass is 476 g/mol. The Balaban J connectivity index is 2.03. The number of para-hydroxylation sites is 1. The van der Waals surface area contributed by atoms with Crippen LogP contribution in [0.1, 0.15) is 5.56 Å². The van der Waals surface area contributed by atoms with E-state index in [9.17, 15) is 14.7 Å². The standard InChI is InChI=1S/C24H17BrN2O4/c1-2-20(28)27-23-17(14-6-9-16(25)10-7-14)4-3-5-18(23)22-15(12-21(29)30)8-11-19-24(22)26-13-31-19/h2-11,13H,1,12H2,(H,27,28)(H,29,30). The fourth-order valence-electron chi connectivity index (χ4n) is 3.52. The second kappa shape index (κ2) is 8.57. The van der Waals surface area contributed by atoms with Gasteiger partial charge < -0.3 is 14.8 Å². The molecule has 7 heteroatoms. The highest BCUT2D eigenvalue weighted by Crippen LogP contribution is 2.41. The summed E-state index contributed by atoms with van der Waals surface area (Å²) in [4.78, 5) is 28.2. The zero-order valence-corrected chi connectivity index (χ0v) is 17.8. The van der Waals surface area contributed by atoms with Crippen molar-refractivity contribution in [1.29, 1.82) is 0 Å². The molecular weight excluding hydrogens is 460 g/mol. The molecule has 0 saturated heterocycles. The summed E-state index contributed by atoms with van der Waals surface area (Å²) in [6.45, 7) is 3.55. The summed E-state index contributed by atoms with van der Waals surface area (Å²) in [5.74, 6) is -1.34. The minimum absolute atomic E-state index is 0.199. The molecule has 0 atom stereocenters. The van der Waals surface area contributed by atoms with Crippen LogP contribution in [0.4, 0.5) is 5.69 Å². The van der Waals surface area contributed by atoms with Gasteiger partial charge >= 0.3 is 5.97 Å². The van der Waals surface area contributed by atoms with Crippen molar-refractivity contribution in [2.75, 3.05) is 5.32 Å². The van der Waals surface area contributed by atoms with Crippen LogP contribution in [0.5, 0.6) is 0 Å². The second-order valence-electron chi connectivity index (χ2n) is 6.80. The summed E-state index contributed by atoms with van der Waals surface area (Å²) in [5, 5.41) is 12.3. The number of nitrogens with one attached hydrogen (secondary N) is 1. The molecule has 0 spiro atoms. The van der Waals surface area contributed by atoms with Gasteiger partial charge in [-0.1, -0.05) is 58.9 Å². The van der Waals surface area contributed by atoms with Gasteiger partial charge in [0.1, 0.15) is 5.52 Å². The van der Waals surface area contributed by atoms with Crippen LogP contribution in [0.3, 0.4) is 0 Å². The number of carbonyl (C=O) groups excluding carboxylic acids is 1. The van der Waals surface area contributed by atoms with Gasteiger partial charge in [-0.05, 0) is 35.4 Å². The van der Waals surface area contributed by atoms with Gasteiger partial charge in [0.2, 0.25) is 5.91 Å². The molecule has 0 unspecified atom stereocenters. The van der Waals surface area contributed by atoms with Gasteiger partial charge in [0.15, 0.2) is 12.0 Å². The number of hydrogen-bond acceptors (Lipinski definition) is 4. The van der Waals surface area contributed by atoms with E-state index in [4.69, 9.17) is 4.42 Å². The highest BCUT2D eigenvalue weighted by Gasteiger charge is 2.21. The first-order valence-electron chi connectivity index (χ1n) is 9.37. The summed E-state index contributed by atoms with van der Waals surface area (Å²) >= 11 is 3.44. The maximum Gasteiger partial charge on any atom is 0.307 e. The number of carbonyl (C=O) groups is 2. The molecular formula is C24H17BrN2O4. The zero-order valence-electron chi connectivity index (χ0n) is 16.3. The largest absolute Gasteiger partial charge is 0.481 e. The number of fused-ring (bicyclic) bond motifs is 1. The van der Waals surface area contributed by atoms with E-state index in [2.05, 4.69) is 32.8 Å². The maximum atomic E-state index is 12.3. The van der Waals surface area contributed by atoms with Crippen LogP contribution in [-0.2, 0) is 16.0 Å². The van der Waals surface area contributed by atoms with Crippen molar-refractivity contribution in [3.63, 3.8) is 0 Å². The Hall–Kier alpha value is -3.71. The van der Waals surface area contributed by atoms with E-state index in [-0.39, 0.29) is 12.3 Å². The number of oxazole rings is 1. The highest BCUT2D eigenvalue weighted by atomic mass is 79.9. The van der Waals surface area contributed by atoms with Crippen LogP contribution >= 0.6 is 15.9 Å². The Morgan fingerprint density at radius 3 is 2.55 bits per heavy atom. The quantitative estimate of drug-likeness (QED) is 0.349. The van der Waals surface area contributed by atoms with Crippen molar-refractivity contribution < 1.29 is 19.1 Å². The number of anilines is 1. The number of amides is 1. The van der Waals surface area contributed by atoms with Crippen molar-refractivity contribution in [2.24, 2.45) is 0 Å². The van der Waals surface area contributed by atoms with Gasteiger partial charge in [0.25, 0.3) is 0 Å². The predicted octanol–water partition coefficient (Wildman–Crippen LogP) is 5.68. The average molecular weight is 477 g/mol. The van der Waals surface area contributed by atoms with Gasteiger partial charge in [-0.15, -0.1) is 0 Å². The number of halogens is 1. The Morgan fingerprint density at radius 2 is 1.84 bits per heavy atom. The molecule has 1 amide bonds. The minimum atomic E-state index is -0.968. The number of rotatable bonds is 6. The lowest BCUT2D eigenvalue weighted by Gasteiger charge is -2.18. The molecule has 0 aliphatic carbocycles. The minimum Gasteiger partial charge on any atom is -0.481 e. The normalized spacial score (nSPS) is 10.7. The van der Waals surface area contributed by atoms with Crippen LogP contribution in [0.2, 0.25) is 0 Å². The van der Waals surface area contributed by atoms with Crippen molar-refractivity contribution in [3.8, 4) is 22.3 Å². The predicted molar refractivity (Wildman–Crippen MR) is 123 cm³/mol. The lowest BCUT2D eigenvalue weighted by atomic mass is 9.91. The molecule has 4 rings (SSSR count). The molecule has 4 aromatic rings. The van der Waals surface area contributed by atoms with E-state index < -0.39 is 5.97 Å². The van der Waals surface area contributed by atoms with Gasteiger partial charge in [0, 0.05) is 21.2 Å². The van der Waals surface area contributed by atoms with Crippen molar-refractivity contribution in [2.45, 2.75) is 6.42 Å². The Morgan fingerprint density at radius 1 is 1.10 bits per heavy atom. The number of hydrogen-bond donors (Lipinski definition) is 2. The number of carboxylic acids is 1. The molecule has 3 aromatic carbocycles. The smallest absolute Gasteiger partial charge is 0.307 e. The Labute approximate surface area is 186 Å². The van der Waals surface area contributed by atoms with E-state index in [0.29, 0.717) is 33.5 Å². The third-order valence-corrected chi connectivity index (χ3v) is 5.38.